The normalized spacial score (nSPS) is 17.7. The highest BCUT2D eigenvalue weighted by atomic mass is 16.7. The summed E-state index contributed by atoms with van der Waals surface area (Å²) >= 11 is 0. The third kappa shape index (κ3) is 11.8. The Bertz CT molecular complexity index is 1290. The van der Waals surface area contributed by atoms with E-state index in [1.54, 1.807) is 18.3 Å². The molecule has 1 aromatic heterocycles. The molecule has 4 atom stereocenters. The first-order valence-corrected chi connectivity index (χ1v) is 18.1. The molecule has 0 aliphatic carbocycles. The van der Waals surface area contributed by atoms with E-state index in [1.807, 2.05) is 27.7 Å². The summed E-state index contributed by atoms with van der Waals surface area (Å²) in [4.78, 5) is 29.1. The van der Waals surface area contributed by atoms with Crippen molar-refractivity contribution in [1.82, 2.24) is 4.98 Å². The van der Waals surface area contributed by atoms with Crippen molar-refractivity contribution in [2.45, 2.75) is 151 Å². The second kappa shape index (κ2) is 18.5. The Morgan fingerprint density at radius 2 is 1.60 bits per heavy atom. The maximum absolute atomic E-state index is 12.9. The largest absolute Gasteiger partial charge is 0.514 e. The minimum absolute atomic E-state index is 0.0660. The van der Waals surface area contributed by atoms with Gasteiger partial charge in [0.1, 0.15) is 29.8 Å². The predicted octanol–water partition coefficient (Wildman–Crippen LogP) is 10.7. The number of rotatable bonds is 18. The fourth-order valence-corrected chi connectivity index (χ4v) is 6.63. The number of carbonyl (C=O) groups excluding carboxylic acids is 2. The molecule has 7 heteroatoms. The molecular formula is C40H61NO6. The summed E-state index contributed by atoms with van der Waals surface area (Å²) in [5, 5.41) is 0. The minimum atomic E-state index is -0.809. The fraction of sp³-hybridized carbons (Fsp3) is 0.675. The zero-order valence-electron chi connectivity index (χ0n) is 30.7. The molecule has 0 spiro atoms. The standard InChI is InChI=1S/C40H61NO6/c1-10-34(26-44-38(42)33-20-14-24-41-25-33)45-39(43)46-36-30(6)31(7)37-35(32(36)8)21-23-40(9,47-37)22-13-19-29(5)18-12-17-28(4)16-11-15-27(2)3/h14,20,24-25,27-29,34H,10-13,15-19,21-23,26H2,1-9H3/t28?,29?,34?,40-/m0/s1. The van der Waals surface area contributed by atoms with Crippen molar-refractivity contribution >= 4 is 12.1 Å². The highest BCUT2D eigenvalue weighted by molar-refractivity contribution is 5.88. The SMILES string of the molecule is CCC(COC(=O)c1cccnc1)OC(=O)Oc1c(C)c(C)c2c(c1C)CC[C@](C)(CCCC(C)CCCC(C)CCCC(C)C)O2. The average molecular weight is 652 g/mol. The molecule has 1 aliphatic rings. The van der Waals surface area contributed by atoms with E-state index >= 15 is 0 Å². The van der Waals surface area contributed by atoms with E-state index in [4.69, 9.17) is 18.9 Å². The summed E-state index contributed by atoms with van der Waals surface area (Å²) in [7, 11) is 0. The Morgan fingerprint density at radius 1 is 0.936 bits per heavy atom. The summed E-state index contributed by atoms with van der Waals surface area (Å²) in [6, 6.07) is 3.29. The molecule has 3 rings (SSSR count). The lowest BCUT2D eigenvalue weighted by atomic mass is 9.83. The molecule has 47 heavy (non-hydrogen) atoms. The van der Waals surface area contributed by atoms with Crippen LogP contribution in [-0.2, 0) is 15.9 Å². The number of nitrogens with zero attached hydrogens (tertiary/aromatic N) is 1. The van der Waals surface area contributed by atoms with Crippen LogP contribution in [0.5, 0.6) is 11.5 Å². The van der Waals surface area contributed by atoms with Crippen LogP contribution in [0.2, 0.25) is 0 Å². The molecule has 0 fully saturated rings. The van der Waals surface area contributed by atoms with E-state index in [1.165, 1.54) is 51.1 Å². The summed E-state index contributed by atoms with van der Waals surface area (Å²) < 4.78 is 23.5. The first kappa shape index (κ1) is 38.4. The van der Waals surface area contributed by atoms with Crippen molar-refractivity contribution in [1.29, 1.82) is 0 Å². The van der Waals surface area contributed by atoms with Gasteiger partial charge in [0, 0.05) is 18.0 Å². The van der Waals surface area contributed by atoms with E-state index in [0.29, 0.717) is 17.7 Å². The highest BCUT2D eigenvalue weighted by Crippen LogP contribution is 2.45. The molecule has 0 radical (unpaired) electrons. The molecule has 2 heterocycles. The lowest BCUT2D eigenvalue weighted by Crippen LogP contribution is -2.37. The molecule has 0 amide bonds. The van der Waals surface area contributed by atoms with E-state index < -0.39 is 18.2 Å². The van der Waals surface area contributed by atoms with Gasteiger partial charge in [0.25, 0.3) is 0 Å². The summed E-state index contributed by atoms with van der Waals surface area (Å²) in [6.07, 6.45) is 15.4. The van der Waals surface area contributed by atoms with Gasteiger partial charge in [0.15, 0.2) is 0 Å². The highest BCUT2D eigenvalue weighted by Gasteiger charge is 2.35. The van der Waals surface area contributed by atoms with Gasteiger partial charge >= 0.3 is 12.1 Å². The molecule has 262 valence electrons. The smallest absolute Gasteiger partial charge is 0.487 e. The van der Waals surface area contributed by atoms with E-state index in [9.17, 15) is 9.59 Å². The molecule has 1 aliphatic heterocycles. The number of hydrogen-bond donors (Lipinski definition) is 0. The number of fused-ring (bicyclic) bond motifs is 1. The lowest BCUT2D eigenvalue weighted by Gasteiger charge is -2.38. The number of carbonyl (C=O) groups is 2. The second-order valence-electron chi connectivity index (χ2n) is 14.8. The van der Waals surface area contributed by atoms with Crippen LogP contribution in [0, 0.1) is 38.5 Å². The number of esters is 1. The van der Waals surface area contributed by atoms with Crippen molar-refractivity contribution in [2.75, 3.05) is 6.61 Å². The Hall–Kier alpha value is -3.09. The maximum Gasteiger partial charge on any atom is 0.514 e. The van der Waals surface area contributed by atoms with Crippen LogP contribution in [0.1, 0.15) is 145 Å². The van der Waals surface area contributed by atoms with Crippen molar-refractivity contribution in [3.05, 3.63) is 52.3 Å². The maximum atomic E-state index is 12.9. The van der Waals surface area contributed by atoms with Crippen molar-refractivity contribution in [3.8, 4) is 11.5 Å². The van der Waals surface area contributed by atoms with Crippen molar-refractivity contribution in [2.24, 2.45) is 17.8 Å². The van der Waals surface area contributed by atoms with Crippen molar-refractivity contribution in [3.63, 3.8) is 0 Å². The van der Waals surface area contributed by atoms with Crippen LogP contribution in [0.15, 0.2) is 24.5 Å². The first-order chi connectivity index (χ1) is 22.3. The molecule has 0 N–H and O–H groups in total. The van der Waals surface area contributed by atoms with Gasteiger partial charge in [-0.05, 0) is 106 Å². The molecule has 0 saturated heterocycles. The van der Waals surface area contributed by atoms with Crippen molar-refractivity contribution < 1.29 is 28.5 Å². The van der Waals surface area contributed by atoms with Crippen LogP contribution < -0.4 is 9.47 Å². The van der Waals surface area contributed by atoms with Gasteiger partial charge in [-0.3, -0.25) is 4.98 Å². The number of hydrogen-bond acceptors (Lipinski definition) is 7. The van der Waals surface area contributed by atoms with Gasteiger partial charge in [0.05, 0.1) is 5.56 Å². The number of pyridine rings is 1. The van der Waals surface area contributed by atoms with Gasteiger partial charge in [-0.1, -0.05) is 79.6 Å². The van der Waals surface area contributed by atoms with Gasteiger partial charge < -0.3 is 18.9 Å². The number of aromatic nitrogens is 1. The Labute approximate surface area is 284 Å². The summed E-state index contributed by atoms with van der Waals surface area (Å²) in [5.74, 6) is 3.33. The van der Waals surface area contributed by atoms with Crippen LogP contribution in [0.4, 0.5) is 4.79 Å². The topological polar surface area (TPSA) is 84.0 Å². The molecule has 1 aromatic carbocycles. The van der Waals surface area contributed by atoms with Crippen LogP contribution in [0.25, 0.3) is 0 Å². The fourth-order valence-electron chi connectivity index (χ4n) is 6.63. The van der Waals surface area contributed by atoms with Crippen LogP contribution in [0.3, 0.4) is 0 Å². The molecule has 7 nitrogen and oxygen atoms in total. The second-order valence-corrected chi connectivity index (χ2v) is 14.8. The van der Waals surface area contributed by atoms with Gasteiger partial charge in [-0.2, -0.15) is 0 Å². The summed E-state index contributed by atoms with van der Waals surface area (Å²) in [5.41, 5.74) is 4.01. The zero-order chi connectivity index (χ0) is 34.6. The number of benzene rings is 1. The Kier molecular flexibility index (Phi) is 15.1. The zero-order valence-corrected chi connectivity index (χ0v) is 30.7. The van der Waals surface area contributed by atoms with Gasteiger partial charge in [0.2, 0.25) is 0 Å². The summed E-state index contributed by atoms with van der Waals surface area (Å²) in [6.45, 7) is 19.5. The monoisotopic (exact) mass is 651 g/mol. The predicted molar refractivity (Wildman–Crippen MR) is 188 cm³/mol. The molecular weight excluding hydrogens is 590 g/mol. The molecule has 2 aromatic rings. The van der Waals surface area contributed by atoms with Crippen LogP contribution in [-0.4, -0.2) is 35.4 Å². The third-order valence-electron chi connectivity index (χ3n) is 10.0. The van der Waals surface area contributed by atoms with E-state index in [-0.39, 0.29) is 12.2 Å². The van der Waals surface area contributed by atoms with E-state index in [2.05, 4.69) is 39.6 Å². The van der Waals surface area contributed by atoms with Crippen LogP contribution >= 0.6 is 0 Å². The quantitative estimate of drug-likeness (QED) is 0.117. The number of ether oxygens (including phenoxy) is 4. The van der Waals surface area contributed by atoms with Gasteiger partial charge in [-0.25, -0.2) is 9.59 Å². The van der Waals surface area contributed by atoms with Gasteiger partial charge in [-0.15, -0.1) is 0 Å². The Morgan fingerprint density at radius 3 is 2.21 bits per heavy atom. The minimum Gasteiger partial charge on any atom is -0.487 e. The van der Waals surface area contributed by atoms with E-state index in [0.717, 1.165) is 71.4 Å². The average Bonchev–Trinajstić information content (AvgIpc) is 3.04. The molecule has 0 saturated carbocycles. The lowest BCUT2D eigenvalue weighted by molar-refractivity contribution is 0.00392. The molecule has 0 bridgehead atoms. The third-order valence-corrected chi connectivity index (χ3v) is 10.0. The molecule has 3 unspecified atom stereocenters. The Balaban J connectivity index is 1.50. The first-order valence-electron chi connectivity index (χ1n) is 18.1.